The minimum Gasteiger partial charge on any atom is -0.326 e. The number of halogens is 1. The summed E-state index contributed by atoms with van der Waals surface area (Å²) in [5, 5.41) is 11.5. The van der Waals surface area contributed by atoms with Crippen LogP contribution in [0.15, 0.2) is 42.5 Å². The molecule has 0 saturated carbocycles. The molecular weight excluding hydrogens is 255 g/mol. The molecule has 1 aliphatic carbocycles. The molecule has 2 aromatic rings. The zero-order valence-corrected chi connectivity index (χ0v) is 10.6. The van der Waals surface area contributed by atoms with E-state index in [-0.39, 0.29) is 17.4 Å². The summed E-state index contributed by atoms with van der Waals surface area (Å²) >= 11 is 0. The molecule has 0 heterocycles. The molecule has 0 aliphatic heterocycles. The van der Waals surface area contributed by atoms with Gasteiger partial charge in [-0.15, -0.1) is 0 Å². The molecule has 20 heavy (non-hydrogen) atoms. The first kappa shape index (κ1) is 12.4. The van der Waals surface area contributed by atoms with Gasteiger partial charge in [0.25, 0.3) is 0 Å². The molecule has 1 aliphatic rings. The molecule has 3 nitrogen and oxygen atoms in total. The van der Waals surface area contributed by atoms with Crippen molar-refractivity contribution in [2.75, 3.05) is 5.32 Å². The SMILES string of the molecule is N#Cc1cc(NC(=O)C2Cc3ccccc32)ccc1F. The van der Waals surface area contributed by atoms with Gasteiger partial charge in [-0.25, -0.2) is 4.39 Å². The van der Waals surface area contributed by atoms with Crippen LogP contribution in [0.3, 0.4) is 0 Å². The Morgan fingerprint density at radius 1 is 1.30 bits per heavy atom. The van der Waals surface area contributed by atoms with Gasteiger partial charge >= 0.3 is 0 Å². The molecule has 0 spiro atoms. The molecule has 0 saturated heterocycles. The number of benzene rings is 2. The van der Waals surface area contributed by atoms with Crippen molar-refractivity contribution < 1.29 is 9.18 Å². The Morgan fingerprint density at radius 3 is 2.85 bits per heavy atom. The summed E-state index contributed by atoms with van der Waals surface area (Å²) in [7, 11) is 0. The zero-order valence-electron chi connectivity index (χ0n) is 10.6. The van der Waals surface area contributed by atoms with Crippen molar-refractivity contribution in [1.82, 2.24) is 0 Å². The lowest BCUT2D eigenvalue weighted by atomic mass is 9.77. The van der Waals surface area contributed by atoms with Gasteiger partial charge in [-0.05, 0) is 35.7 Å². The van der Waals surface area contributed by atoms with Crippen molar-refractivity contribution in [3.63, 3.8) is 0 Å². The highest BCUT2D eigenvalue weighted by molar-refractivity contribution is 5.97. The van der Waals surface area contributed by atoms with Crippen LogP contribution in [0.4, 0.5) is 10.1 Å². The van der Waals surface area contributed by atoms with Crippen molar-refractivity contribution in [3.8, 4) is 6.07 Å². The van der Waals surface area contributed by atoms with Crippen LogP contribution in [0.5, 0.6) is 0 Å². The molecule has 98 valence electrons. The predicted molar refractivity (Wildman–Crippen MR) is 72.6 cm³/mol. The summed E-state index contributed by atoms with van der Waals surface area (Å²) in [5.41, 5.74) is 2.59. The van der Waals surface area contributed by atoms with Gasteiger partial charge < -0.3 is 5.32 Å². The van der Waals surface area contributed by atoms with Crippen LogP contribution in [0.2, 0.25) is 0 Å². The van der Waals surface area contributed by atoms with E-state index in [0.717, 1.165) is 5.56 Å². The van der Waals surface area contributed by atoms with E-state index in [0.29, 0.717) is 12.1 Å². The topological polar surface area (TPSA) is 52.9 Å². The first-order valence-electron chi connectivity index (χ1n) is 6.27. The van der Waals surface area contributed by atoms with Crippen LogP contribution in [-0.2, 0) is 11.2 Å². The number of carbonyl (C=O) groups excluding carboxylic acids is 1. The summed E-state index contributed by atoms with van der Waals surface area (Å²) in [6.07, 6.45) is 0.717. The first-order valence-corrected chi connectivity index (χ1v) is 6.27. The number of rotatable bonds is 2. The molecule has 0 fully saturated rings. The van der Waals surface area contributed by atoms with Gasteiger partial charge in [0.05, 0.1) is 11.5 Å². The maximum atomic E-state index is 13.2. The highest BCUT2D eigenvalue weighted by atomic mass is 19.1. The second-order valence-corrected chi connectivity index (χ2v) is 4.75. The Balaban J connectivity index is 1.77. The van der Waals surface area contributed by atoms with E-state index in [9.17, 15) is 9.18 Å². The Labute approximate surface area is 115 Å². The second-order valence-electron chi connectivity index (χ2n) is 4.75. The zero-order chi connectivity index (χ0) is 14.1. The van der Waals surface area contributed by atoms with Gasteiger partial charge in [0.1, 0.15) is 11.9 Å². The van der Waals surface area contributed by atoms with Gasteiger partial charge in [0, 0.05) is 5.69 Å². The van der Waals surface area contributed by atoms with E-state index in [1.807, 2.05) is 24.3 Å². The van der Waals surface area contributed by atoms with Crippen LogP contribution < -0.4 is 5.32 Å². The van der Waals surface area contributed by atoms with E-state index in [2.05, 4.69) is 5.32 Å². The molecule has 1 N–H and O–H groups in total. The van der Waals surface area contributed by atoms with Crippen LogP contribution in [-0.4, -0.2) is 5.91 Å². The number of nitriles is 1. The number of hydrogen-bond acceptors (Lipinski definition) is 2. The van der Waals surface area contributed by atoms with Gasteiger partial charge in [-0.1, -0.05) is 24.3 Å². The molecule has 3 rings (SSSR count). The van der Waals surface area contributed by atoms with E-state index in [4.69, 9.17) is 5.26 Å². The predicted octanol–water partition coefficient (Wildman–Crippen LogP) is 2.98. The fraction of sp³-hybridized carbons (Fsp3) is 0.125. The Kier molecular flexibility index (Phi) is 2.96. The number of hydrogen-bond donors (Lipinski definition) is 1. The highest BCUT2D eigenvalue weighted by Crippen LogP contribution is 2.35. The van der Waals surface area contributed by atoms with Crippen molar-refractivity contribution in [1.29, 1.82) is 5.26 Å². The average molecular weight is 266 g/mol. The molecule has 2 aromatic carbocycles. The summed E-state index contributed by atoms with van der Waals surface area (Å²) in [4.78, 5) is 12.2. The first-order chi connectivity index (χ1) is 9.69. The fourth-order valence-corrected chi connectivity index (χ4v) is 2.41. The number of nitrogens with one attached hydrogen (secondary N) is 1. The summed E-state index contributed by atoms with van der Waals surface area (Å²) < 4.78 is 13.2. The Morgan fingerprint density at radius 2 is 2.10 bits per heavy atom. The third kappa shape index (κ3) is 2.04. The number of nitrogens with zero attached hydrogens (tertiary/aromatic N) is 1. The molecule has 1 unspecified atom stereocenters. The van der Waals surface area contributed by atoms with Crippen molar-refractivity contribution >= 4 is 11.6 Å². The normalized spacial score (nSPS) is 15.7. The summed E-state index contributed by atoms with van der Waals surface area (Å²) in [6, 6.07) is 13.5. The number of carbonyl (C=O) groups is 1. The largest absolute Gasteiger partial charge is 0.326 e. The standard InChI is InChI=1S/C16H11FN2O/c17-15-6-5-12(7-11(15)9-18)19-16(20)14-8-10-3-1-2-4-13(10)14/h1-7,14H,8H2,(H,19,20). The number of anilines is 1. The van der Waals surface area contributed by atoms with E-state index in [1.165, 1.54) is 23.8 Å². The Hall–Kier alpha value is -2.67. The third-order valence-electron chi connectivity index (χ3n) is 3.53. The van der Waals surface area contributed by atoms with Crippen LogP contribution >= 0.6 is 0 Å². The third-order valence-corrected chi connectivity index (χ3v) is 3.53. The second kappa shape index (κ2) is 4.78. The Bertz CT molecular complexity index is 733. The summed E-state index contributed by atoms with van der Waals surface area (Å²) in [5.74, 6) is -0.875. The molecule has 0 bridgehead atoms. The van der Waals surface area contributed by atoms with Crippen LogP contribution in [0.25, 0.3) is 0 Å². The maximum Gasteiger partial charge on any atom is 0.232 e. The monoisotopic (exact) mass is 266 g/mol. The lowest BCUT2D eigenvalue weighted by molar-refractivity contribution is -0.118. The molecule has 1 atom stereocenters. The van der Waals surface area contributed by atoms with Crippen molar-refractivity contribution in [3.05, 3.63) is 65.0 Å². The van der Waals surface area contributed by atoms with E-state index in [1.54, 1.807) is 6.07 Å². The van der Waals surface area contributed by atoms with Crippen molar-refractivity contribution in [2.24, 2.45) is 0 Å². The number of fused-ring (bicyclic) bond motifs is 1. The van der Waals surface area contributed by atoms with Gasteiger partial charge in [0.15, 0.2) is 0 Å². The molecule has 4 heteroatoms. The minimum atomic E-state index is -0.584. The van der Waals surface area contributed by atoms with Gasteiger partial charge in [-0.2, -0.15) is 5.26 Å². The molecular formula is C16H11FN2O. The van der Waals surface area contributed by atoms with E-state index < -0.39 is 5.82 Å². The fourth-order valence-electron chi connectivity index (χ4n) is 2.41. The van der Waals surface area contributed by atoms with Crippen molar-refractivity contribution in [2.45, 2.75) is 12.3 Å². The van der Waals surface area contributed by atoms with Gasteiger partial charge in [0.2, 0.25) is 5.91 Å². The quantitative estimate of drug-likeness (QED) is 0.908. The lowest BCUT2D eigenvalue weighted by Gasteiger charge is -2.28. The smallest absolute Gasteiger partial charge is 0.232 e. The van der Waals surface area contributed by atoms with Crippen LogP contribution in [0, 0.1) is 17.1 Å². The summed E-state index contributed by atoms with van der Waals surface area (Å²) in [6.45, 7) is 0. The lowest BCUT2D eigenvalue weighted by Crippen LogP contribution is -2.30. The molecule has 1 amide bonds. The number of amides is 1. The highest BCUT2D eigenvalue weighted by Gasteiger charge is 2.31. The van der Waals surface area contributed by atoms with Gasteiger partial charge in [-0.3, -0.25) is 4.79 Å². The minimum absolute atomic E-state index is 0.0724. The van der Waals surface area contributed by atoms with E-state index >= 15 is 0 Å². The van der Waals surface area contributed by atoms with Crippen LogP contribution in [0.1, 0.15) is 22.6 Å². The molecule has 0 aromatic heterocycles. The maximum absolute atomic E-state index is 13.2. The average Bonchev–Trinajstić information content (AvgIpc) is 2.42. The molecule has 0 radical (unpaired) electrons.